The van der Waals surface area contributed by atoms with E-state index in [1.54, 1.807) is 12.1 Å². The number of benzene rings is 1. The van der Waals surface area contributed by atoms with Crippen molar-refractivity contribution in [3.8, 4) is 5.75 Å². The molecule has 0 radical (unpaired) electrons. The second-order valence-electron chi connectivity index (χ2n) is 5.44. The Labute approximate surface area is 120 Å². The minimum Gasteiger partial charge on any atom is -0.508 e. The zero-order valence-electron chi connectivity index (χ0n) is 12.1. The summed E-state index contributed by atoms with van der Waals surface area (Å²) in [4.78, 5) is 14.2. The number of rotatable bonds is 5. The van der Waals surface area contributed by atoms with Gasteiger partial charge in [0, 0.05) is 24.7 Å². The summed E-state index contributed by atoms with van der Waals surface area (Å²) >= 11 is 0. The summed E-state index contributed by atoms with van der Waals surface area (Å²) < 4.78 is 0. The molecule has 0 aliphatic carbocycles. The lowest BCUT2D eigenvalue weighted by molar-refractivity contribution is -0.131. The van der Waals surface area contributed by atoms with Crippen molar-refractivity contribution < 1.29 is 9.90 Å². The smallest absolute Gasteiger partial charge is 0.227 e. The molecule has 1 fully saturated rings. The van der Waals surface area contributed by atoms with Gasteiger partial charge in [-0.05, 0) is 31.9 Å². The third-order valence-electron chi connectivity index (χ3n) is 3.79. The van der Waals surface area contributed by atoms with Gasteiger partial charge in [-0.1, -0.05) is 25.1 Å². The van der Waals surface area contributed by atoms with E-state index in [0.29, 0.717) is 11.6 Å². The predicted octanol–water partition coefficient (Wildman–Crippen LogP) is 1.93. The number of nitrogens with zero attached hydrogens (tertiary/aromatic N) is 1. The number of phenolic OH excluding ortho intramolecular Hbond substituents is 1. The monoisotopic (exact) mass is 276 g/mol. The van der Waals surface area contributed by atoms with E-state index in [1.807, 2.05) is 17.0 Å². The zero-order valence-corrected chi connectivity index (χ0v) is 12.1. The van der Waals surface area contributed by atoms with Crippen LogP contribution in [0.4, 0.5) is 0 Å². The van der Waals surface area contributed by atoms with Crippen LogP contribution >= 0.6 is 0 Å². The predicted molar refractivity (Wildman–Crippen MR) is 79.7 cm³/mol. The second-order valence-corrected chi connectivity index (χ2v) is 5.44. The Morgan fingerprint density at radius 1 is 1.45 bits per heavy atom. The van der Waals surface area contributed by atoms with Gasteiger partial charge in [0.25, 0.3) is 0 Å². The van der Waals surface area contributed by atoms with Gasteiger partial charge in [0.15, 0.2) is 0 Å². The van der Waals surface area contributed by atoms with E-state index in [-0.39, 0.29) is 18.1 Å². The van der Waals surface area contributed by atoms with E-state index in [1.165, 1.54) is 0 Å². The molecule has 0 bridgehead atoms. The fourth-order valence-electron chi connectivity index (χ4n) is 2.65. The highest BCUT2D eigenvalue weighted by molar-refractivity contribution is 5.79. The molecule has 4 nitrogen and oxygen atoms in total. The van der Waals surface area contributed by atoms with Crippen molar-refractivity contribution in [2.24, 2.45) is 0 Å². The number of amides is 1. The number of nitrogens with one attached hydrogen (secondary N) is 1. The maximum atomic E-state index is 12.3. The number of para-hydroxylation sites is 1. The number of aromatic hydroxyl groups is 1. The van der Waals surface area contributed by atoms with Gasteiger partial charge in [0.1, 0.15) is 5.75 Å². The minimum atomic E-state index is 0.106. The SMILES string of the molecule is CCCNC1CCCN(C(=O)Cc2ccccc2O)C1. The molecule has 2 N–H and O–H groups in total. The second kappa shape index (κ2) is 7.29. The summed E-state index contributed by atoms with van der Waals surface area (Å²) in [6.07, 6.45) is 3.59. The number of phenols is 1. The lowest BCUT2D eigenvalue weighted by Crippen LogP contribution is -2.48. The Kier molecular flexibility index (Phi) is 5.41. The van der Waals surface area contributed by atoms with Gasteiger partial charge in [-0.2, -0.15) is 0 Å². The molecule has 110 valence electrons. The summed E-state index contributed by atoms with van der Waals surface area (Å²) in [6, 6.07) is 7.48. The third kappa shape index (κ3) is 3.97. The van der Waals surface area contributed by atoms with E-state index < -0.39 is 0 Å². The van der Waals surface area contributed by atoms with E-state index in [9.17, 15) is 9.90 Å². The number of hydrogen-bond donors (Lipinski definition) is 2. The Hall–Kier alpha value is -1.55. The summed E-state index contributed by atoms with van der Waals surface area (Å²) in [5, 5.41) is 13.2. The quantitative estimate of drug-likeness (QED) is 0.864. The number of hydrogen-bond acceptors (Lipinski definition) is 3. The van der Waals surface area contributed by atoms with Crippen molar-refractivity contribution in [1.29, 1.82) is 0 Å². The third-order valence-corrected chi connectivity index (χ3v) is 3.79. The number of piperidine rings is 1. The van der Waals surface area contributed by atoms with Crippen LogP contribution in [0.2, 0.25) is 0 Å². The summed E-state index contributed by atoms with van der Waals surface area (Å²) in [5.41, 5.74) is 0.709. The van der Waals surface area contributed by atoms with Crippen LogP contribution in [0.1, 0.15) is 31.7 Å². The van der Waals surface area contributed by atoms with Crippen molar-refractivity contribution in [3.63, 3.8) is 0 Å². The lowest BCUT2D eigenvalue weighted by atomic mass is 10.0. The molecule has 1 aliphatic rings. The first kappa shape index (κ1) is 14.9. The largest absolute Gasteiger partial charge is 0.508 e. The van der Waals surface area contributed by atoms with E-state index in [0.717, 1.165) is 38.9 Å². The van der Waals surface area contributed by atoms with Gasteiger partial charge in [-0.25, -0.2) is 0 Å². The first-order valence-corrected chi connectivity index (χ1v) is 7.48. The van der Waals surface area contributed by atoms with Crippen molar-refractivity contribution in [2.45, 2.75) is 38.6 Å². The molecule has 0 saturated carbocycles. The summed E-state index contributed by atoms with van der Waals surface area (Å²) in [7, 11) is 0. The normalized spacial score (nSPS) is 19.1. The molecule has 1 aliphatic heterocycles. The zero-order chi connectivity index (χ0) is 14.4. The van der Waals surface area contributed by atoms with E-state index in [4.69, 9.17) is 0 Å². The Morgan fingerprint density at radius 3 is 3.00 bits per heavy atom. The molecule has 1 unspecified atom stereocenters. The van der Waals surface area contributed by atoms with Crippen LogP contribution in [-0.4, -0.2) is 41.6 Å². The van der Waals surface area contributed by atoms with Crippen LogP contribution in [0.15, 0.2) is 24.3 Å². The maximum Gasteiger partial charge on any atom is 0.227 e. The van der Waals surface area contributed by atoms with Gasteiger partial charge in [-0.15, -0.1) is 0 Å². The van der Waals surface area contributed by atoms with E-state index in [2.05, 4.69) is 12.2 Å². The van der Waals surface area contributed by atoms with Gasteiger partial charge in [0.05, 0.1) is 6.42 Å². The Morgan fingerprint density at radius 2 is 2.25 bits per heavy atom. The fraction of sp³-hybridized carbons (Fsp3) is 0.562. The van der Waals surface area contributed by atoms with Crippen molar-refractivity contribution in [2.75, 3.05) is 19.6 Å². The van der Waals surface area contributed by atoms with Crippen LogP contribution in [0, 0.1) is 0 Å². The molecule has 4 heteroatoms. The lowest BCUT2D eigenvalue weighted by Gasteiger charge is -2.33. The average Bonchev–Trinajstić information content (AvgIpc) is 2.48. The molecule has 2 rings (SSSR count). The molecule has 0 aromatic heterocycles. The molecule has 1 aromatic carbocycles. The van der Waals surface area contributed by atoms with Gasteiger partial charge >= 0.3 is 0 Å². The molecular formula is C16H24N2O2. The first-order valence-electron chi connectivity index (χ1n) is 7.48. The highest BCUT2D eigenvalue weighted by Crippen LogP contribution is 2.18. The molecule has 1 atom stereocenters. The Bertz CT molecular complexity index is 448. The van der Waals surface area contributed by atoms with Crippen LogP contribution in [0.25, 0.3) is 0 Å². The Balaban J connectivity index is 1.90. The van der Waals surface area contributed by atoms with Gasteiger partial charge in [-0.3, -0.25) is 4.79 Å². The topological polar surface area (TPSA) is 52.6 Å². The highest BCUT2D eigenvalue weighted by Gasteiger charge is 2.23. The maximum absolute atomic E-state index is 12.3. The molecule has 1 aromatic rings. The van der Waals surface area contributed by atoms with Crippen LogP contribution < -0.4 is 5.32 Å². The van der Waals surface area contributed by atoms with Gasteiger partial charge in [0.2, 0.25) is 5.91 Å². The van der Waals surface area contributed by atoms with E-state index >= 15 is 0 Å². The first-order chi connectivity index (χ1) is 9.70. The molecular weight excluding hydrogens is 252 g/mol. The number of likely N-dealkylation sites (tertiary alicyclic amines) is 1. The summed E-state index contributed by atoms with van der Waals surface area (Å²) in [6.45, 7) is 4.77. The molecule has 1 heterocycles. The molecule has 1 saturated heterocycles. The highest BCUT2D eigenvalue weighted by atomic mass is 16.3. The van der Waals surface area contributed by atoms with Crippen LogP contribution in [0.5, 0.6) is 5.75 Å². The molecule has 1 amide bonds. The summed E-state index contributed by atoms with van der Waals surface area (Å²) in [5.74, 6) is 0.313. The van der Waals surface area contributed by atoms with Crippen LogP contribution in [0.3, 0.4) is 0 Å². The fourth-order valence-corrected chi connectivity index (χ4v) is 2.65. The number of carbonyl (C=O) groups excluding carboxylic acids is 1. The molecule has 0 spiro atoms. The van der Waals surface area contributed by atoms with Crippen molar-refractivity contribution >= 4 is 5.91 Å². The minimum absolute atomic E-state index is 0.106. The average molecular weight is 276 g/mol. The standard InChI is InChI=1S/C16H24N2O2/c1-2-9-17-14-7-5-10-18(12-14)16(20)11-13-6-3-4-8-15(13)19/h3-4,6,8,14,17,19H,2,5,7,9-12H2,1H3. The van der Waals surface area contributed by atoms with Gasteiger partial charge < -0.3 is 15.3 Å². The molecule has 20 heavy (non-hydrogen) atoms. The number of carbonyl (C=O) groups is 1. The van der Waals surface area contributed by atoms with Crippen LogP contribution in [-0.2, 0) is 11.2 Å². The van der Waals surface area contributed by atoms with Crippen molar-refractivity contribution in [1.82, 2.24) is 10.2 Å². The van der Waals surface area contributed by atoms with Crippen molar-refractivity contribution in [3.05, 3.63) is 29.8 Å².